The van der Waals surface area contributed by atoms with E-state index in [0.717, 1.165) is 71.0 Å². The van der Waals surface area contributed by atoms with Crippen molar-refractivity contribution in [3.63, 3.8) is 0 Å². The molecule has 1 unspecified atom stereocenters. The van der Waals surface area contributed by atoms with Gasteiger partial charge in [-0.2, -0.15) is 0 Å². The summed E-state index contributed by atoms with van der Waals surface area (Å²) in [6.07, 6.45) is 5.62. The number of hydrogen-bond donors (Lipinski definition) is 2. The molecular weight excluding hydrogens is 467 g/mol. The van der Waals surface area contributed by atoms with Crippen LogP contribution in [0.1, 0.15) is 39.0 Å². The third-order valence-electron chi connectivity index (χ3n) is 6.40. The first kappa shape index (κ1) is 23.7. The Hall–Kier alpha value is -0.610. The lowest BCUT2D eigenvalue weighted by molar-refractivity contribution is -0.134. The maximum atomic E-state index is 12.6. The zero-order valence-corrected chi connectivity index (χ0v) is 20.0. The molecule has 7 nitrogen and oxygen atoms in total. The van der Waals surface area contributed by atoms with Gasteiger partial charge in [-0.05, 0) is 25.8 Å². The van der Waals surface area contributed by atoms with E-state index in [1.807, 2.05) is 7.05 Å². The highest BCUT2D eigenvalue weighted by atomic mass is 127. The second kappa shape index (κ2) is 12.2. The van der Waals surface area contributed by atoms with E-state index in [2.05, 4.69) is 37.2 Å². The summed E-state index contributed by atoms with van der Waals surface area (Å²) in [5, 5.41) is 6.96. The summed E-state index contributed by atoms with van der Waals surface area (Å²) in [6, 6.07) is 0.314. The Kier molecular flexibility index (Phi) is 10.3. The smallest absolute Gasteiger partial charge is 0.225 e. The number of guanidine groups is 1. The molecule has 2 N–H and O–H groups in total. The van der Waals surface area contributed by atoms with Crippen molar-refractivity contribution in [1.82, 2.24) is 25.3 Å². The van der Waals surface area contributed by atoms with Gasteiger partial charge < -0.3 is 20.4 Å². The first-order valence-corrected chi connectivity index (χ1v) is 10.9. The summed E-state index contributed by atoms with van der Waals surface area (Å²) >= 11 is 0. The molecule has 1 saturated carbocycles. The van der Waals surface area contributed by atoms with Crippen molar-refractivity contribution in [2.45, 2.75) is 45.1 Å². The number of aliphatic imine (C=N–C) groups is 1. The van der Waals surface area contributed by atoms with E-state index in [1.165, 1.54) is 25.9 Å². The fourth-order valence-electron chi connectivity index (χ4n) is 4.56. The Labute approximate surface area is 187 Å². The molecule has 1 atom stereocenters. The maximum Gasteiger partial charge on any atom is 0.225 e. The molecule has 1 aliphatic carbocycles. The Morgan fingerprint density at radius 2 is 1.71 bits per heavy atom. The van der Waals surface area contributed by atoms with Gasteiger partial charge in [0, 0.05) is 71.4 Å². The highest BCUT2D eigenvalue weighted by Gasteiger charge is 2.32. The third-order valence-corrected chi connectivity index (χ3v) is 6.40. The van der Waals surface area contributed by atoms with Crippen LogP contribution in [0.25, 0.3) is 0 Å². The van der Waals surface area contributed by atoms with E-state index < -0.39 is 0 Å². The van der Waals surface area contributed by atoms with Crippen LogP contribution in [0.15, 0.2) is 4.99 Å². The summed E-state index contributed by atoms with van der Waals surface area (Å²) < 4.78 is 0. The molecule has 8 heteroatoms. The van der Waals surface area contributed by atoms with Crippen LogP contribution in [0.4, 0.5) is 0 Å². The van der Waals surface area contributed by atoms with Gasteiger partial charge in [0.2, 0.25) is 5.91 Å². The molecule has 162 valence electrons. The molecule has 3 rings (SSSR count). The number of halogens is 1. The SMILES string of the molecule is CCN1CCN(CCNC(=NC)NC2CCN(C(=O)C3CCCC3)C2)CC1.I. The van der Waals surface area contributed by atoms with Gasteiger partial charge >= 0.3 is 0 Å². The predicted molar refractivity (Wildman–Crippen MR) is 125 cm³/mol. The zero-order chi connectivity index (χ0) is 19.1. The van der Waals surface area contributed by atoms with E-state index in [9.17, 15) is 4.79 Å². The summed E-state index contributed by atoms with van der Waals surface area (Å²) in [6.45, 7) is 11.7. The van der Waals surface area contributed by atoms with Crippen molar-refractivity contribution in [1.29, 1.82) is 0 Å². The molecule has 2 aliphatic heterocycles. The average molecular weight is 506 g/mol. The van der Waals surface area contributed by atoms with Gasteiger partial charge in [-0.3, -0.25) is 14.7 Å². The van der Waals surface area contributed by atoms with Crippen LogP contribution in [0.2, 0.25) is 0 Å². The van der Waals surface area contributed by atoms with Crippen LogP contribution < -0.4 is 10.6 Å². The summed E-state index contributed by atoms with van der Waals surface area (Å²) in [7, 11) is 1.83. The van der Waals surface area contributed by atoms with Gasteiger partial charge in [0.25, 0.3) is 0 Å². The molecule has 0 radical (unpaired) electrons. The summed E-state index contributed by atoms with van der Waals surface area (Å²) in [5.74, 6) is 1.53. The normalized spacial score (nSPS) is 25.0. The number of hydrogen-bond acceptors (Lipinski definition) is 4. The molecule has 2 saturated heterocycles. The van der Waals surface area contributed by atoms with Crippen molar-refractivity contribution in [3.8, 4) is 0 Å². The molecule has 0 spiro atoms. The molecular formula is C20H39IN6O. The highest BCUT2D eigenvalue weighted by Crippen LogP contribution is 2.27. The number of carbonyl (C=O) groups is 1. The van der Waals surface area contributed by atoms with Gasteiger partial charge in [-0.1, -0.05) is 19.8 Å². The fraction of sp³-hybridized carbons (Fsp3) is 0.900. The second-order valence-electron chi connectivity index (χ2n) is 8.17. The minimum atomic E-state index is 0. The first-order valence-electron chi connectivity index (χ1n) is 10.9. The van der Waals surface area contributed by atoms with Crippen LogP contribution in [-0.4, -0.2) is 98.6 Å². The Morgan fingerprint density at radius 3 is 2.36 bits per heavy atom. The summed E-state index contributed by atoms with van der Waals surface area (Å²) in [4.78, 5) is 24.0. The Balaban J connectivity index is 0.00000280. The van der Waals surface area contributed by atoms with Gasteiger partial charge in [0.1, 0.15) is 0 Å². The van der Waals surface area contributed by atoms with Crippen molar-refractivity contribution in [2.24, 2.45) is 10.9 Å². The van der Waals surface area contributed by atoms with Gasteiger partial charge in [0.15, 0.2) is 5.96 Å². The fourth-order valence-corrected chi connectivity index (χ4v) is 4.56. The van der Waals surface area contributed by atoms with Crippen molar-refractivity contribution in [3.05, 3.63) is 0 Å². The largest absolute Gasteiger partial charge is 0.355 e. The molecule has 2 heterocycles. The molecule has 0 bridgehead atoms. The van der Waals surface area contributed by atoms with Crippen LogP contribution in [0.3, 0.4) is 0 Å². The number of amides is 1. The van der Waals surface area contributed by atoms with Crippen molar-refractivity contribution in [2.75, 3.05) is 66.0 Å². The van der Waals surface area contributed by atoms with Crippen LogP contribution in [-0.2, 0) is 4.79 Å². The van der Waals surface area contributed by atoms with Gasteiger partial charge in [0.05, 0.1) is 0 Å². The molecule has 1 amide bonds. The lowest BCUT2D eigenvalue weighted by atomic mass is 10.1. The topological polar surface area (TPSA) is 63.2 Å². The lowest BCUT2D eigenvalue weighted by Crippen LogP contribution is -2.50. The zero-order valence-electron chi connectivity index (χ0n) is 17.7. The number of piperazine rings is 1. The third kappa shape index (κ3) is 6.73. The monoisotopic (exact) mass is 506 g/mol. The minimum absolute atomic E-state index is 0. The minimum Gasteiger partial charge on any atom is -0.355 e. The number of likely N-dealkylation sites (tertiary alicyclic amines) is 1. The van der Waals surface area contributed by atoms with Crippen LogP contribution in [0.5, 0.6) is 0 Å². The van der Waals surface area contributed by atoms with E-state index in [0.29, 0.717) is 11.9 Å². The number of rotatable bonds is 6. The molecule has 28 heavy (non-hydrogen) atoms. The van der Waals surface area contributed by atoms with Gasteiger partial charge in [-0.25, -0.2) is 0 Å². The quantitative estimate of drug-likeness (QED) is 0.322. The molecule has 0 aromatic carbocycles. The first-order chi connectivity index (χ1) is 13.2. The van der Waals surface area contributed by atoms with Crippen LogP contribution >= 0.6 is 24.0 Å². The van der Waals surface area contributed by atoms with E-state index in [-0.39, 0.29) is 29.9 Å². The molecule has 3 aliphatic rings. The second-order valence-corrected chi connectivity index (χ2v) is 8.17. The Morgan fingerprint density at radius 1 is 1.04 bits per heavy atom. The van der Waals surface area contributed by atoms with E-state index in [1.54, 1.807) is 0 Å². The van der Waals surface area contributed by atoms with E-state index >= 15 is 0 Å². The lowest BCUT2D eigenvalue weighted by Gasteiger charge is -2.34. The molecule has 3 fully saturated rings. The number of likely N-dealkylation sites (N-methyl/N-ethyl adjacent to an activating group) is 1. The average Bonchev–Trinajstić information content (AvgIpc) is 3.39. The Bertz CT molecular complexity index is 503. The van der Waals surface area contributed by atoms with Crippen LogP contribution in [0, 0.1) is 5.92 Å². The predicted octanol–water partition coefficient (Wildman–Crippen LogP) is 1.20. The summed E-state index contributed by atoms with van der Waals surface area (Å²) in [5.41, 5.74) is 0. The maximum absolute atomic E-state index is 12.6. The number of nitrogens with zero attached hydrogens (tertiary/aromatic N) is 4. The number of carbonyl (C=O) groups excluding carboxylic acids is 1. The molecule has 0 aromatic rings. The van der Waals surface area contributed by atoms with Gasteiger partial charge in [-0.15, -0.1) is 24.0 Å². The van der Waals surface area contributed by atoms with Crippen molar-refractivity contribution < 1.29 is 4.79 Å². The van der Waals surface area contributed by atoms with Crippen molar-refractivity contribution >= 4 is 35.8 Å². The standard InChI is InChI=1S/C20H38N6O.HI/c1-3-24-12-14-25(15-13-24)11-9-22-20(21-2)23-18-8-10-26(16-18)19(27)17-6-4-5-7-17;/h17-18H,3-16H2,1-2H3,(H2,21,22,23);1H. The molecule has 0 aromatic heterocycles. The highest BCUT2D eigenvalue weighted by molar-refractivity contribution is 14.0. The van der Waals surface area contributed by atoms with E-state index in [4.69, 9.17) is 0 Å². The number of nitrogens with one attached hydrogen (secondary N) is 2.